The van der Waals surface area contributed by atoms with Crippen LogP contribution < -0.4 is 19.3 Å². The molecule has 0 fully saturated rings. The van der Waals surface area contributed by atoms with Gasteiger partial charge in [-0.3, -0.25) is 0 Å². The van der Waals surface area contributed by atoms with Gasteiger partial charge in [0.15, 0.2) is 0 Å². The molecule has 3 heterocycles. The molecule has 7 rings (SSSR count). The van der Waals surface area contributed by atoms with Gasteiger partial charge < -0.3 is 0 Å². The van der Waals surface area contributed by atoms with E-state index in [1.165, 1.54) is 0 Å². The fourth-order valence-electron chi connectivity index (χ4n) is 4.21. The number of rotatable bonds is 2. The molecule has 0 bridgehead atoms. The first kappa shape index (κ1) is 18.5. The van der Waals surface area contributed by atoms with Gasteiger partial charge in [0.25, 0.3) is 0 Å². The van der Waals surface area contributed by atoms with E-state index in [0.29, 0.717) is 0 Å². The van der Waals surface area contributed by atoms with E-state index >= 15 is 0 Å². The molecule has 1 aromatic heterocycles. The molecule has 0 saturated carbocycles. The Balaban J connectivity index is 1.39. The third-order valence-corrected chi connectivity index (χ3v) is 7.53. The van der Waals surface area contributed by atoms with E-state index in [0.717, 1.165) is 55.1 Å². The summed E-state index contributed by atoms with van der Waals surface area (Å²) in [6, 6.07) is 32.2. The third-order valence-electron chi connectivity index (χ3n) is 5.65. The van der Waals surface area contributed by atoms with Gasteiger partial charge in [0.2, 0.25) is 0 Å². The van der Waals surface area contributed by atoms with Crippen LogP contribution in [0, 0.1) is 0 Å². The number of nitrogens with zero attached hydrogens (tertiary/aromatic N) is 4. The Morgan fingerprint density at radius 1 is 0.455 bits per heavy atom. The number of hydrogen-bond donors (Lipinski definition) is 0. The molecule has 0 amide bonds. The second kappa shape index (κ2) is 7.23. The normalized spacial score (nSPS) is 13.2. The van der Waals surface area contributed by atoms with Crippen molar-refractivity contribution in [3.63, 3.8) is 0 Å². The molecule has 0 N–H and O–H groups in total. The van der Waals surface area contributed by atoms with Crippen LogP contribution in [0.5, 0.6) is 23.0 Å². The van der Waals surface area contributed by atoms with E-state index in [2.05, 4.69) is 44.3 Å². The Bertz CT molecular complexity index is 1310. The van der Waals surface area contributed by atoms with E-state index in [1.54, 1.807) is 0 Å². The Hall–Kier alpha value is -4.06. The van der Waals surface area contributed by atoms with Crippen LogP contribution in [0.15, 0.2) is 97.1 Å². The molecule has 4 aromatic carbocycles. The molecule has 33 heavy (non-hydrogen) atoms. The van der Waals surface area contributed by atoms with Crippen molar-refractivity contribution in [3.8, 4) is 23.0 Å². The topological polar surface area (TPSA) is 50.7 Å². The molecule has 0 atom stereocenters. The van der Waals surface area contributed by atoms with Crippen molar-refractivity contribution in [2.45, 2.75) is 0 Å². The number of para-hydroxylation sites is 8. The first-order valence-corrected chi connectivity index (χ1v) is 12.2. The van der Waals surface area contributed by atoms with Gasteiger partial charge in [0, 0.05) is 0 Å². The van der Waals surface area contributed by atoms with Crippen molar-refractivity contribution in [1.82, 2.24) is 10.2 Å². The standard InChI is InChI=1S/C26H16N4O2Se/c1-5-13-21-17(9-1)29(18-10-2-6-14-22(18)31-21)25-27-28-26(33-25)30-19-11-3-7-15-23(19)32-24-16-8-4-12-20(24)30/h1-16H. The van der Waals surface area contributed by atoms with E-state index in [-0.39, 0.29) is 14.5 Å². The molecule has 0 unspecified atom stereocenters. The van der Waals surface area contributed by atoms with Gasteiger partial charge in [-0.25, -0.2) is 0 Å². The van der Waals surface area contributed by atoms with Crippen molar-refractivity contribution in [1.29, 1.82) is 0 Å². The zero-order valence-electron chi connectivity index (χ0n) is 17.3. The fourth-order valence-corrected chi connectivity index (χ4v) is 6.10. The zero-order chi connectivity index (χ0) is 21.8. The van der Waals surface area contributed by atoms with Gasteiger partial charge in [-0.15, -0.1) is 0 Å². The number of benzene rings is 4. The van der Waals surface area contributed by atoms with Crippen LogP contribution in [-0.2, 0) is 0 Å². The second-order valence-electron chi connectivity index (χ2n) is 7.61. The van der Waals surface area contributed by atoms with Crippen LogP contribution in [-0.4, -0.2) is 24.7 Å². The molecule has 7 heteroatoms. The van der Waals surface area contributed by atoms with Gasteiger partial charge in [-0.2, -0.15) is 0 Å². The van der Waals surface area contributed by atoms with Crippen LogP contribution in [0.3, 0.4) is 0 Å². The van der Waals surface area contributed by atoms with Crippen molar-refractivity contribution in [2.24, 2.45) is 0 Å². The van der Waals surface area contributed by atoms with Crippen LogP contribution in [0.2, 0.25) is 0 Å². The summed E-state index contributed by atoms with van der Waals surface area (Å²) < 4.78 is 14.1. The molecule has 0 saturated heterocycles. The molecule has 2 aliphatic rings. The fraction of sp³-hybridized carbons (Fsp3) is 0. The van der Waals surface area contributed by atoms with E-state index in [4.69, 9.17) is 9.47 Å². The number of aromatic nitrogens is 2. The van der Waals surface area contributed by atoms with E-state index < -0.39 is 0 Å². The summed E-state index contributed by atoms with van der Waals surface area (Å²) in [6.07, 6.45) is 0. The van der Waals surface area contributed by atoms with Crippen LogP contribution in [0.4, 0.5) is 32.1 Å². The summed E-state index contributed by atoms with van der Waals surface area (Å²) >= 11 is -0.158. The first-order chi connectivity index (χ1) is 16.4. The Kier molecular flexibility index (Phi) is 4.06. The monoisotopic (exact) mass is 496 g/mol. The molecular weight excluding hydrogens is 479 g/mol. The Morgan fingerprint density at radius 3 is 1.09 bits per heavy atom. The predicted octanol–water partition coefficient (Wildman–Crippen LogP) is 6.68. The molecule has 0 radical (unpaired) electrons. The first-order valence-electron chi connectivity index (χ1n) is 10.5. The molecule has 5 aromatic rings. The van der Waals surface area contributed by atoms with Crippen molar-refractivity contribution in [2.75, 3.05) is 9.80 Å². The van der Waals surface area contributed by atoms with E-state index in [9.17, 15) is 0 Å². The second-order valence-corrected chi connectivity index (χ2v) is 9.57. The zero-order valence-corrected chi connectivity index (χ0v) is 19.0. The van der Waals surface area contributed by atoms with Crippen LogP contribution in [0.25, 0.3) is 0 Å². The van der Waals surface area contributed by atoms with Crippen LogP contribution >= 0.6 is 0 Å². The van der Waals surface area contributed by atoms with Gasteiger partial charge in [0.05, 0.1) is 0 Å². The van der Waals surface area contributed by atoms with E-state index in [1.807, 2.05) is 72.8 Å². The maximum atomic E-state index is 6.15. The molecule has 0 spiro atoms. The minimum absolute atomic E-state index is 0.158. The summed E-state index contributed by atoms with van der Waals surface area (Å²) in [5.74, 6) is 3.24. The molecular formula is C26H16N4O2Se. The summed E-state index contributed by atoms with van der Waals surface area (Å²) in [4.78, 5) is 4.34. The number of hydrogen-bond acceptors (Lipinski definition) is 6. The predicted molar refractivity (Wildman–Crippen MR) is 128 cm³/mol. The average molecular weight is 495 g/mol. The maximum absolute atomic E-state index is 6.15. The Labute approximate surface area is 196 Å². The van der Waals surface area contributed by atoms with Crippen LogP contribution in [0.1, 0.15) is 0 Å². The number of ether oxygens (including phenoxy) is 2. The molecule has 2 aliphatic heterocycles. The SMILES string of the molecule is c1ccc2c(c1)Oc1ccccc1N2c1nnc(N2c3ccccc3Oc3ccccc32)[se]1. The Morgan fingerprint density at radius 2 is 0.758 bits per heavy atom. The molecule has 158 valence electrons. The summed E-state index contributed by atoms with van der Waals surface area (Å²) in [7, 11) is 0. The molecule has 6 nitrogen and oxygen atoms in total. The summed E-state index contributed by atoms with van der Waals surface area (Å²) in [5, 5.41) is 9.36. The quantitative estimate of drug-likeness (QED) is 0.249. The van der Waals surface area contributed by atoms with Gasteiger partial charge in [-0.1, -0.05) is 0 Å². The summed E-state index contributed by atoms with van der Waals surface area (Å²) in [6.45, 7) is 0. The minimum atomic E-state index is -0.158. The van der Waals surface area contributed by atoms with Crippen molar-refractivity contribution in [3.05, 3.63) is 97.1 Å². The summed E-state index contributed by atoms with van der Waals surface area (Å²) in [5.41, 5.74) is 3.87. The number of fused-ring (bicyclic) bond motifs is 4. The average Bonchev–Trinajstić information content (AvgIpc) is 3.35. The van der Waals surface area contributed by atoms with Crippen molar-refractivity contribution < 1.29 is 9.47 Å². The third kappa shape index (κ3) is 2.87. The van der Waals surface area contributed by atoms with Gasteiger partial charge in [0.1, 0.15) is 0 Å². The molecule has 0 aliphatic carbocycles. The van der Waals surface area contributed by atoms with Gasteiger partial charge in [-0.05, 0) is 0 Å². The number of anilines is 6. The van der Waals surface area contributed by atoms with Crippen molar-refractivity contribution >= 4 is 46.6 Å². The van der Waals surface area contributed by atoms with Gasteiger partial charge >= 0.3 is 196 Å².